The number of aryl methyl sites for hydroxylation is 3. The van der Waals surface area contributed by atoms with Gasteiger partial charge in [0.25, 0.3) is 0 Å². The molecular formula is C15H14O3. The molecule has 2 heterocycles. The maximum absolute atomic E-state index is 11.7. The van der Waals surface area contributed by atoms with E-state index in [-0.39, 0.29) is 5.63 Å². The summed E-state index contributed by atoms with van der Waals surface area (Å²) in [7, 11) is 0. The van der Waals surface area contributed by atoms with E-state index < -0.39 is 0 Å². The highest BCUT2D eigenvalue weighted by molar-refractivity contribution is 6.06. The number of rotatable bonds is 0. The molecule has 0 spiro atoms. The van der Waals surface area contributed by atoms with Crippen LogP contribution in [0.25, 0.3) is 21.9 Å². The van der Waals surface area contributed by atoms with E-state index in [1.54, 1.807) is 13.2 Å². The van der Waals surface area contributed by atoms with Crippen LogP contribution < -0.4 is 5.63 Å². The first-order valence-corrected chi connectivity index (χ1v) is 5.92. The minimum Gasteiger partial charge on any atom is -0.463 e. The Hall–Kier alpha value is -2.03. The van der Waals surface area contributed by atoms with Crippen LogP contribution in [0.4, 0.5) is 0 Å². The largest absolute Gasteiger partial charge is 0.463 e. The summed E-state index contributed by atoms with van der Waals surface area (Å²) in [6.45, 7) is 7.73. The van der Waals surface area contributed by atoms with E-state index in [0.29, 0.717) is 11.1 Å². The smallest absolute Gasteiger partial charge is 0.339 e. The summed E-state index contributed by atoms with van der Waals surface area (Å²) in [5.41, 5.74) is 4.88. The second-order valence-corrected chi connectivity index (χ2v) is 4.83. The molecule has 0 aliphatic rings. The first-order chi connectivity index (χ1) is 8.50. The SMILES string of the molecule is Cc1c(C)c2c(cc(C)c3c(C)coc32)oc1=O. The van der Waals surface area contributed by atoms with Crippen LogP contribution in [0.2, 0.25) is 0 Å². The molecule has 0 N–H and O–H groups in total. The second-order valence-electron chi connectivity index (χ2n) is 4.83. The Morgan fingerprint density at radius 2 is 1.67 bits per heavy atom. The molecule has 3 aromatic rings. The Morgan fingerprint density at radius 3 is 2.39 bits per heavy atom. The zero-order valence-corrected chi connectivity index (χ0v) is 10.9. The quantitative estimate of drug-likeness (QED) is 0.563. The van der Waals surface area contributed by atoms with E-state index >= 15 is 0 Å². The van der Waals surface area contributed by atoms with Crippen molar-refractivity contribution in [1.29, 1.82) is 0 Å². The van der Waals surface area contributed by atoms with Gasteiger partial charge in [0.15, 0.2) is 0 Å². The molecule has 3 nitrogen and oxygen atoms in total. The standard InChI is InChI=1S/C15H14O3/c1-7-5-11-13(9(3)10(4)15(16)18-11)14-12(7)8(2)6-17-14/h5-6H,1-4H3. The fraction of sp³-hybridized carbons (Fsp3) is 0.267. The molecule has 1 aromatic carbocycles. The lowest BCUT2D eigenvalue weighted by Crippen LogP contribution is -2.05. The summed E-state index contributed by atoms with van der Waals surface area (Å²) in [5.74, 6) is 0. The number of hydrogen-bond donors (Lipinski definition) is 0. The minimum absolute atomic E-state index is 0.276. The van der Waals surface area contributed by atoms with Gasteiger partial charge in [0, 0.05) is 10.9 Å². The van der Waals surface area contributed by atoms with Gasteiger partial charge in [0.1, 0.15) is 11.2 Å². The molecule has 0 bridgehead atoms. The first-order valence-electron chi connectivity index (χ1n) is 5.92. The van der Waals surface area contributed by atoms with Gasteiger partial charge in [0.05, 0.1) is 11.6 Å². The van der Waals surface area contributed by atoms with Gasteiger partial charge < -0.3 is 8.83 Å². The lowest BCUT2D eigenvalue weighted by Gasteiger charge is -2.06. The fourth-order valence-corrected chi connectivity index (χ4v) is 2.52. The summed E-state index contributed by atoms with van der Waals surface area (Å²) >= 11 is 0. The molecular weight excluding hydrogens is 228 g/mol. The van der Waals surface area contributed by atoms with Crippen molar-refractivity contribution in [3.05, 3.63) is 45.0 Å². The third-order valence-electron chi connectivity index (χ3n) is 3.64. The monoisotopic (exact) mass is 242 g/mol. The van der Waals surface area contributed by atoms with Gasteiger partial charge in [-0.05, 0) is 50.5 Å². The van der Waals surface area contributed by atoms with Gasteiger partial charge in [-0.3, -0.25) is 0 Å². The van der Waals surface area contributed by atoms with Gasteiger partial charge in [-0.2, -0.15) is 0 Å². The van der Waals surface area contributed by atoms with Crippen molar-refractivity contribution in [3.8, 4) is 0 Å². The maximum atomic E-state index is 11.7. The van der Waals surface area contributed by atoms with Crippen molar-refractivity contribution in [2.24, 2.45) is 0 Å². The van der Waals surface area contributed by atoms with E-state index in [1.165, 1.54) is 0 Å². The van der Waals surface area contributed by atoms with Gasteiger partial charge in [-0.25, -0.2) is 4.79 Å². The number of benzene rings is 1. The van der Waals surface area contributed by atoms with E-state index in [1.807, 2.05) is 26.8 Å². The van der Waals surface area contributed by atoms with Crippen molar-refractivity contribution < 1.29 is 8.83 Å². The summed E-state index contributed by atoms with van der Waals surface area (Å²) in [4.78, 5) is 11.7. The fourth-order valence-electron chi connectivity index (χ4n) is 2.52. The molecule has 0 amide bonds. The maximum Gasteiger partial charge on any atom is 0.339 e. The third-order valence-corrected chi connectivity index (χ3v) is 3.64. The molecule has 3 rings (SSSR count). The van der Waals surface area contributed by atoms with Crippen LogP contribution in [0.15, 0.2) is 26.0 Å². The zero-order valence-electron chi connectivity index (χ0n) is 10.9. The zero-order chi connectivity index (χ0) is 13.0. The van der Waals surface area contributed by atoms with Crippen LogP contribution in [0.1, 0.15) is 22.3 Å². The Kier molecular flexibility index (Phi) is 2.14. The molecule has 2 aromatic heterocycles. The van der Waals surface area contributed by atoms with Gasteiger partial charge in [0.2, 0.25) is 0 Å². The predicted molar refractivity (Wildman–Crippen MR) is 71.2 cm³/mol. The predicted octanol–water partition coefficient (Wildman–Crippen LogP) is 3.77. The van der Waals surface area contributed by atoms with Crippen LogP contribution >= 0.6 is 0 Å². The molecule has 0 radical (unpaired) electrons. The summed E-state index contributed by atoms with van der Waals surface area (Å²) < 4.78 is 11.0. The van der Waals surface area contributed by atoms with E-state index in [0.717, 1.165) is 33.0 Å². The highest BCUT2D eigenvalue weighted by atomic mass is 16.4. The molecule has 0 fully saturated rings. The Bertz CT molecular complexity index is 834. The van der Waals surface area contributed by atoms with Crippen LogP contribution in [0, 0.1) is 27.7 Å². The average molecular weight is 242 g/mol. The van der Waals surface area contributed by atoms with Crippen molar-refractivity contribution in [2.75, 3.05) is 0 Å². The third kappa shape index (κ3) is 1.27. The van der Waals surface area contributed by atoms with Crippen LogP contribution in [-0.4, -0.2) is 0 Å². The average Bonchev–Trinajstić information content (AvgIpc) is 2.69. The molecule has 92 valence electrons. The minimum atomic E-state index is -0.276. The molecule has 0 saturated heterocycles. The summed E-state index contributed by atoms with van der Waals surface area (Å²) in [5, 5.41) is 2.01. The van der Waals surface area contributed by atoms with E-state index in [2.05, 4.69) is 0 Å². The molecule has 0 unspecified atom stereocenters. The van der Waals surface area contributed by atoms with E-state index in [4.69, 9.17) is 8.83 Å². The molecule has 18 heavy (non-hydrogen) atoms. The number of fused-ring (bicyclic) bond motifs is 3. The molecule has 0 aliphatic heterocycles. The molecule has 0 saturated carbocycles. The summed E-state index contributed by atoms with van der Waals surface area (Å²) in [6.07, 6.45) is 1.75. The normalized spacial score (nSPS) is 11.6. The Labute approximate surface area is 104 Å². The first kappa shape index (κ1) is 11.1. The van der Waals surface area contributed by atoms with Crippen LogP contribution in [0.5, 0.6) is 0 Å². The Morgan fingerprint density at radius 1 is 0.944 bits per heavy atom. The lowest BCUT2D eigenvalue weighted by atomic mass is 10.0. The van der Waals surface area contributed by atoms with Gasteiger partial charge in [-0.1, -0.05) is 0 Å². The second kappa shape index (κ2) is 3.48. The van der Waals surface area contributed by atoms with E-state index in [9.17, 15) is 4.79 Å². The van der Waals surface area contributed by atoms with Gasteiger partial charge >= 0.3 is 5.63 Å². The molecule has 0 atom stereocenters. The molecule has 3 heteroatoms. The Balaban J connectivity index is 2.70. The van der Waals surface area contributed by atoms with Crippen LogP contribution in [-0.2, 0) is 0 Å². The topological polar surface area (TPSA) is 43.4 Å². The summed E-state index contributed by atoms with van der Waals surface area (Å²) in [6, 6.07) is 1.91. The highest BCUT2D eigenvalue weighted by Crippen LogP contribution is 2.33. The van der Waals surface area contributed by atoms with Crippen LogP contribution in [0.3, 0.4) is 0 Å². The van der Waals surface area contributed by atoms with Crippen molar-refractivity contribution in [2.45, 2.75) is 27.7 Å². The number of furan rings is 1. The highest BCUT2D eigenvalue weighted by Gasteiger charge is 2.16. The number of hydrogen-bond acceptors (Lipinski definition) is 3. The van der Waals surface area contributed by atoms with Crippen molar-refractivity contribution >= 4 is 21.9 Å². The van der Waals surface area contributed by atoms with Gasteiger partial charge in [-0.15, -0.1) is 0 Å². The van der Waals surface area contributed by atoms with Crippen molar-refractivity contribution in [3.63, 3.8) is 0 Å². The lowest BCUT2D eigenvalue weighted by molar-refractivity contribution is 0.552. The molecule has 0 aliphatic carbocycles. The van der Waals surface area contributed by atoms with Crippen molar-refractivity contribution in [1.82, 2.24) is 0 Å².